The minimum absolute atomic E-state index is 0.640. The fourth-order valence-electron chi connectivity index (χ4n) is 1.22. The lowest BCUT2D eigenvalue weighted by Gasteiger charge is -2.04. The topological polar surface area (TPSA) is 33.0 Å². The van der Waals surface area contributed by atoms with Crippen molar-refractivity contribution in [2.45, 2.75) is 6.42 Å². The van der Waals surface area contributed by atoms with Crippen LogP contribution >= 0.6 is 12.6 Å². The summed E-state index contributed by atoms with van der Waals surface area (Å²) >= 11 is 4.12. The molecule has 0 aliphatic carbocycles. The number of nitrogens with zero attached hydrogens (tertiary/aromatic N) is 1. The molecule has 15 heavy (non-hydrogen) atoms. The Balaban J connectivity index is 2.97. The summed E-state index contributed by atoms with van der Waals surface area (Å²) in [6, 6.07) is 7.47. The Bertz CT molecular complexity index is 393. The van der Waals surface area contributed by atoms with Gasteiger partial charge in [0, 0.05) is 5.56 Å². The van der Waals surface area contributed by atoms with Crippen LogP contribution in [0, 0.1) is 11.3 Å². The molecule has 0 bridgehead atoms. The van der Waals surface area contributed by atoms with Crippen LogP contribution in [0.5, 0.6) is 5.75 Å². The van der Waals surface area contributed by atoms with Crippen LogP contribution in [0.4, 0.5) is 0 Å². The van der Waals surface area contributed by atoms with E-state index in [9.17, 15) is 0 Å². The molecule has 2 nitrogen and oxygen atoms in total. The molecule has 0 amide bonds. The van der Waals surface area contributed by atoms with Crippen molar-refractivity contribution < 1.29 is 4.74 Å². The van der Waals surface area contributed by atoms with Gasteiger partial charge in [-0.2, -0.15) is 17.9 Å². The first kappa shape index (κ1) is 11.7. The summed E-state index contributed by atoms with van der Waals surface area (Å²) in [6.45, 7) is 0. The average Bonchev–Trinajstić information content (AvgIpc) is 2.29. The van der Waals surface area contributed by atoms with Gasteiger partial charge in [0.15, 0.2) is 0 Å². The first-order valence-corrected chi connectivity index (χ1v) is 5.30. The normalized spacial score (nSPS) is 10.2. The highest BCUT2D eigenvalue weighted by Gasteiger charge is 2.00. The van der Waals surface area contributed by atoms with E-state index < -0.39 is 0 Å². The maximum Gasteiger partial charge on any atom is 0.126 e. The molecule has 0 saturated carbocycles. The van der Waals surface area contributed by atoms with Gasteiger partial charge >= 0.3 is 0 Å². The predicted octanol–water partition coefficient (Wildman–Crippen LogP) is 2.90. The van der Waals surface area contributed by atoms with E-state index in [1.807, 2.05) is 18.2 Å². The first-order valence-electron chi connectivity index (χ1n) is 4.67. The molecule has 0 spiro atoms. The Hall–Kier alpha value is -1.40. The van der Waals surface area contributed by atoms with Crippen LogP contribution in [0.25, 0.3) is 6.08 Å². The third-order valence-electron chi connectivity index (χ3n) is 1.95. The highest BCUT2D eigenvalue weighted by molar-refractivity contribution is 7.80. The van der Waals surface area contributed by atoms with Crippen molar-refractivity contribution in [1.82, 2.24) is 0 Å². The summed E-state index contributed by atoms with van der Waals surface area (Å²) in [7, 11) is 1.62. The van der Waals surface area contributed by atoms with Crippen molar-refractivity contribution in [2.24, 2.45) is 0 Å². The molecular formula is C12H13NOS. The molecule has 1 aromatic rings. The van der Waals surface area contributed by atoms with E-state index in [4.69, 9.17) is 10.00 Å². The van der Waals surface area contributed by atoms with Gasteiger partial charge in [-0.25, -0.2) is 0 Å². The molecule has 0 atom stereocenters. The van der Waals surface area contributed by atoms with Crippen molar-refractivity contribution in [3.8, 4) is 11.8 Å². The number of methoxy groups -OCH3 is 1. The van der Waals surface area contributed by atoms with Crippen LogP contribution in [-0.4, -0.2) is 12.9 Å². The summed E-state index contributed by atoms with van der Waals surface area (Å²) in [5, 5.41) is 8.77. The van der Waals surface area contributed by atoms with Crippen molar-refractivity contribution >= 4 is 18.7 Å². The zero-order valence-corrected chi connectivity index (χ0v) is 9.50. The van der Waals surface area contributed by atoms with E-state index in [0.29, 0.717) is 5.56 Å². The number of rotatable bonds is 4. The quantitative estimate of drug-likeness (QED) is 0.790. The van der Waals surface area contributed by atoms with Crippen molar-refractivity contribution in [3.63, 3.8) is 0 Å². The molecule has 0 aliphatic rings. The smallest absolute Gasteiger partial charge is 0.126 e. The third kappa shape index (κ3) is 3.34. The van der Waals surface area contributed by atoms with Crippen molar-refractivity contribution in [2.75, 3.05) is 12.9 Å². The number of hydrogen-bond acceptors (Lipinski definition) is 3. The van der Waals surface area contributed by atoms with E-state index in [1.165, 1.54) is 0 Å². The van der Waals surface area contributed by atoms with Crippen LogP contribution in [0.15, 0.2) is 24.3 Å². The third-order valence-corrected chi connectivity index (χ3v) is 2.21. The molecule has 1 rings (SSSR count). The summed E-state index contributed by atoms with van der Waals surface area (Å²) in [4.78, 5) is 0. The van der Waals surface area contributed by atoms with Crippen molar-refractivity contribution in [3.05, 3.63) is 35.4 Å². The largest absolute Gasteiger partial charge is 0.496 e. The lowest BCUT2D eigenvalue weighted by molar-refractivity contribution is 0.414. The summed E-state index contributed by atoms with van der Waals surface area (Å²) in [5.41, 5.74) is 1.57. The Kier molecular flexibility index (Phi) is 4.79. The SMILES string of the molecule is COc1ccc(C#N)cc1C=CCCS. The second kappa shape index (κ2) is 6.15. The van der Waals surface area contributed by atoms with E-state index in [-0.39, 0.29) is 0 Å². The fraction of sp³-hybridized carbons (Fsp3) is 0.250. The number of nitriles is 1. The zero-order chi connectivity index (χ0) is 11.1. The molecule has 0 aromatic heterocycles. The fourth-order valence-corrected chi connectivity index (χ4v) is 1.37. The van der Waals surface area contributed by atoms with Gasteiger partial charge < -0.3 is 4.74 Å². The summed E-state index contributed by atoms with van der Waals surface area (Å²) < 4.78 is 5.20. The average molecular weight is 219 g/mol. The number of ether oxygens (including phenoxy) is 1. The van der Waals surface area contributed by atoms with E-state index in [2.05, 4.69) is 18.7 Å². The number of thiol groups is 1. The van der Waals surface area contributed by atoms with Gasteiger partial charge in [-0.1, -0.05) is 12.2 Å². The minimum Gasteiger partial charge on any atom is -0.496 e. The molecule has 0 fully saturated rings. The number of benzene rings is 1. The van der Waals surface area contributed by atoms with Crippen LogP contribution in [0.3, 0.4) is 0 Å². The lowest BCUT2D eigenvalue weighted by Crippen LogP contribution is -1.87. The van der Waals surface area contributed by atoms with E-state index >= 15 is 0 Å². The van der Waals surface area contributed by atoms with Crippen molar-refractivity contribution in [1.29, 1.82) is 5.26 Å². The molecule has 3 heteroatoms. The van der Waals surface area contributed by atoms with Crippen LogP contribution in [0.2, 0.25) is 0 Å². The molecular weight excluding hydrogens is 206 g/mol. The minimum atomic E-state index is 0.640. The van der Waals surface area contributed by atoms with Crippen LogP contribution < -0.4 is 4.74 Å². The molecule has 0 radical (unpaired) electrons. The van der Waals surface area contributed by atoms with E-state index in [1.54, 1.807) is 19.2 Å². The Labute approximate surface area is 95.6 Å². The van der Waals surface area contributed by atoms with Gasteiger partial charge in [0.2, 0.25) is 0 Å². The molecule has 0 heterocycles. The van der Waals surface area contributed by atoms with Crippen LogP contribution in [-0.2, 0) is 0 Å². The highest BCUT2D eigenvalue weighted by atomic mass is 32.1. The Morgan fingerprint density at radius 1 is 1.53 bits per heavy atom. The summed E-state index contributed by atoms with van der Waals surface area (Å²) in [6.07, 6.45) is 4.88. The Morgan fingerprint density at radius 3 is 2.93 bits per heavy atom. The summed E-state index contributed by atoms with van der Waals surface area (Å²) in [5.74, 6) is 1.60. The van der Waals surface area contributed by atoms with Gasteiger partial charge in [0.25, 0.3) is 0 Å². The zero-order valence-electron chi connectivity index (χ0n) is 8.60. The molecule has 0 saturated heterocycles. The molecule has 0 N–H and O–H groups in total. The van der Waals surface area contributed by atoms with Gasteiger partial charge in [-0.15, -0.1) is 0 Å². The predicted molar refractivity (Wildman–Crippen MR) is 65.2 cm³/mol. The molecule has 78 valence electrons. The second-order valence-electron chi connectivity index (χ2n) is 2.98. The monoisotopic (exact) mass is 219 g/mol. The number of hydrogen-bond donors (Lipinski definition) is 1. The molecule has 0 aliphatic heterocycles. The van der Waals surface area contributed by atoms with Gasteiger partial charge in [-0.3, -0.25) is 0 Å². The maximum atomic E-state index is 8.77. The van der Waals surface area contributed by atoms with E-state index in [0.717, 1.165) is 23.5 Å². The highest BCUT2D eigenvalue weighted by Crippen LogP contribution is 2.21. The Morgan fingerprint density at radius 2 is 2.33 bits per heavy atom. The maximum absolute atomic E-state index is 8.77. The standard InChI is InChI=1S/C12H13NOS/c1-14-12-6-5-10(9-13)8-11(12)4-2-3-7-15/h2,4-6,8,15H,3,7H2,1H3. The van der Waals surface area contributed by atoms with Gasteiger partial charge in [-0.05, 0) is 30.4 Å². The lowest BCUT2D eigenvalue weighted by atomic mass is 10.1. The van der Waals surface area contributed by atoms with Gasteiger partial charge in [0.05, 0.1) is 18.7 Å². The molecule has 1 aromatic carbocycles. The van der Waals surface area contributed by atoms with Crippen LogP contribution in [0.1, 0.15) is 17.5 Å². The van der Waals surface area contributed by atoms with Gasteiger partial charge in [0.1, 0.15) is 5.75 Å². The molecule has 0 unspecified atom stereocenters. The second-order valence-corrected chi connectivity index (χ2v) is 3.43. The first-order chi connectivity index (χ1) is 7.31. The number of allylic oxidation sites excluding steroid dienone is 1.